The Morgan fingerprint density at radius 3 is 2.72 bits per heavy atom. The highest BCUT2D eigenvalue weighted by Gasteiger charge is 2.16. The largest absolute Gasteiger partial charge is 0.348 e. The fraction of sp³-hybridized carbons (Fsp3) is 0.222. The first kappa shape index (κ1) is 16.6. The van der Waals surface area contributed by atoms with Gasteiger partial charge in [-0.15, -0.1) is 0 Å². The van der Waals surface area contributed by atoms with Crippen molar-refractivity contribution in [1.29, 1.82) is 0 Å². The molecule has 2 heterocycles. The number of carbonyl (C=O) groups excluding carboxylic acids is 1. The lowest BCUT2D eigenvalue weighted by atomic mass is 10.1. The summed E-state index contributed by atoms with van der Waals surface area (Å²) in [5.41, 5.74) is 2.40. The molecule has 3 rings (SSSR count). The molecule has 1 amide bonds. The lowest BCUT2D eigenvalue weighted by molar-refractivity contribution is -0.122. The van der Waals surface area contributed by atoms with E-state index in [1.165, 1.54) is 17.0 Å². The molecule has 1 unspecified atom stereocenters. The molecular weight excluding hydrogens is 318 g/mol. The smallest absolute Gasteiger partial charge is 0.347 e. The molecule has 1 aromatic carbocycles. The summed E-state index contributed by atoms with van der Waals surface area (Å²) in [6, 6.07) is 11.2. The van der Waals surface area contributed by atoms with Gasteiger partial charge in [0, 0.05) is 23.7 Å². The highest BCUT2D eigenvalue weighted by molar-refractivity contribution is 5.76. The summed E-state index contributed by atoms with van der Waals surface area (Å²) in [6.07, 6.45) is 4.70. The number of aromatic nitrogens is 4. The van der Waals surface area contributed by atoms with Crippen molar-refractivity contribution < 1.29 is 4.79 Å². The Morgan fingerprint density at radius 1 is 1.24 bits per heavy atom. The zero-order valence-corrected chi connectivity index (χ0v) is 14.1. The Morgan fingerprint density at radius 2 is 2.00 bits per heavy atom. The molecule has 3 aromatic rings. The number of benzene rings is 1. The maximum Gasteiger partial charge on any atom is 0.347 e. The second-order valence-corrected chi connectivity index (χ2v) is 5.75. The first-order valence-electron chi connectivity index (χ1n) is 7.97. The van der Waals surface area contributed by atoms with Gasteiger partial charge in [-0.2, -0.15) is 5.10 Å². The molecule has 1 N–H and O–H groups in total. The van der Waals surface area contributed by atoms with E-state index >= 15 is 0 Å². The fourth-order valence-electron chi connectivity index (χ4n) is 2.70. The van der Waals surface area contributed by atoms with Crippen LogP contribution in [-0.4, -0.2) is 25.2 Å². The van der Waals surface area contributed by atoms with Gasteiger partial charge in [-0.3, -0.25) is 9.36 Å². The third kappa shape index (κ3) is 3.65. The molecule has 7 heteroatoms. The first-order chi connectivity index (χ1) is 12.1. The maximum absolute atomic E-state index is 12.2. The van der Waals surface area contributed by atoms with E-state index in [1.54, 1.807) is 12.3 Å². The monoisotopic (exact) mass is 337 g/mol. The van der Waals surface area contributed by atoms with Crippen molar-refractivity contribution in [2.75, 3.05) is 0 Å². The average molecular weight is 337 g/mol. The molecule has 2 aromatic heterocycles. The zero-order valence-electron chi connectivity index (χ0n) is 14.1. The number of nitrogens with one attached hydrogen (secondary N) is 1. The SMILES string of the molecule is Cc1c(C(C)NC(=O)Cn2cccnc2=O)cnn1-c1ccccc1. The third-order valence-electron chi connectivity index (χ3n) is 3.99. The summed E-state index contributed by atoms with van der Waals surface area (Å²) < 4.78 is 3.10. The van der Waals surface area contributed by atoms with E-state index in [4.69, 9.17) is 0 Å². The molecule has 1 atom stereocenters. The summed E-state index contributed by atoms with van der Waals surface area (Å²) in [6.45, 7) is 3.79. The van der Waals surface area contributed by atoms with Crippen molar-refractivity contribution in [3.8, 4) is 5.69 Å². The van der Waals surface area contributed by atoms with E-state index < -0.39 is 5.69 Å². The van der Waals surface area contributed by atoms with E-state index in [2.05, 4.69) is 15.4 Å². The molecule has 7 nitrogen and oxygen atoms in total. The first-order valence-corrected chi connectivity index (χ1v) is 7.97. The standard InChI is InChI=1S/C18H19N5O2/c1-13(21-17(24)12-22-10-6-9-19-18(22)25)16-11-20-23(14(16)2)15-7-4-3-5-8-15/h3-11,13H,12H2,1-2H3,(H,21,24). The van der Waals surface area contributed by atoms with E-state index in [9.17, 15) is 9.59 Å². The highest BCUT2D eigenvalue weighted by atomic mass is 16.2. The van der Waals surface area contributed by atoms with Gasteiger partial charge in [-0.1, -0.05) is 18.2 Å². The molecule has 0 spiro atoms. The number of rotatable bonds is 5. The van der Waals surface area contributed by atoms with Gasteiger partial charge < -0.3 is 5.32 Å². The van der Waals surface area contributed by atoms with E-state index in [1.807, 2.05) is 48.9 Å². The van der Waals surface area contributed by atoms with Gasteiger partial charge in [0.2, 0.25) is 5.91 Å². The minimum atomic E-state index is -0.446. The molecule has 0 saturated carbocycles. The molecule has 25 heavy (non-hydrogen) atoms. The summed E-state index contributed by atoms with van der Waals surface area (Å²) in [7, 11) is 0. The van der Waals surface area contributed by atoms with Gasteiger partial charge in [0.25, 0.3) is 0 Å². The van der Waals surface area contributed by atoms with Crippen molar-refractivity contribution in [3.63, 3.8) is 0 Å². The number of amides is 1. The van der Waals surface area contributed by atoms with Crippen LogP contribution in [0.2, 0.25) is 0 Å². The van der Waals surface area contributed by atoms with Gasteiger partial charge in [-0.25, -0.2) is 14.5 Å². The number of hydrogen-bond donors (Lipinski definition) is 1. The van der Waals surface area contributed by atoms with E-state index in [0.29, 0.717) is 0 Å². The predicted molar refractivity (Wildman–Crippen MR) is 93.4 cm³/mol. The highest BCUT2D eigenvalue weighted by Crippen LogP contribution is 2.19. The van der Waals surface area contributed by atoms with E-state index in [0.717, 1.165) is 16.9 Å². The van der Waals surface area contributed by atoms with Crippen LogP contribution in [0, 0.1) is 6.92 Å². The van der Waals surface area contributed by atoms with Crippen molar-refractivity contribution in [3.05, 3.63) is 76.7 Å². The lowest BCUT2D eigenvalue weighted by Gasteiger charge is -2.14. The number of carbonyl (C=O) groups is 1. The number of para-hydroxylation sites is 1. The Labute approximate surface area is 144 Å². The van der Waals surface area contributed by atoms with Crippen LogP contribution in [0.1, 0.15) is 24.2 Å². The topological polar surface area (TPSA) is 81.8 Å². The second kappa shape index (κ2) is 7.12. The van der Waals surface area contributed by atoms with Crippen LogP contribution in [0.5, 0.6) is 0 Å². The van der Waals surface area contributed by atoms with Crippen molar-refractivity contribution in [2.24, 2.45) is 0 Å². The van der Waals surface area contributed by atoms with Gasteiger partial charge in [0.15, 0.2) is 0 Å². The minimum Gasteiger partial charge on any atom is -0.348 e. The van der Waals surface area contributed by atoms with Crippen LogP contribution in [-0.2, 0) is 11.3 Å². The molecule has 0 aliphatic heterocycles. The van der Waals surface area contributed by atoms with Crippen molar-refractivity contribution in [2.45, 2.75) is 26.4 Å². The molecular formula is C18H19N5O2. The van der Waals surface area contributed by atoms with Crippen LogP contribution in [0.25, 0.3) is 5.69 Å². The Bertz CT molecular complexity index is 930. The Balaban J connectivity index is 1.73. The van der Waals surface area contributed by atoms with Crippen molar-refractivity contribution >= 4 is 5.91 Å². The van der Waals surface area contributed by atoms with Crippen molar-refractivity contribution in [1.82, 2.24) is 24.6 Å². The van der Waals surface area contributed by atoms with Crippen LogP contribution in [0.4, 0.5) is 0 Å². The summed E-state index contributed by atoms with van der Waals surface area (Å²) in [5.74, 6) is -0.255. The summed E-state index contributed by atoms with van der Waals surface area (Å²) in [5, 5.41) is 7.31. The molecule has 0 saturated heterocycles. The number of nitrogens with zero attached hydrogens (tertiary/aromatic N) is 4. The molecule has 0 aliphatic rings. The Hall–Kier alpha value is -3.22. The van der Waals surface area contributed by atoms with Crippen LogP contribution < -0.4 is 11.0 Å². The van der Waals surface area contributed by atoms with Gasteiger partial charge in [0.1, 0.15) is 6.54 Å². The molecule has 0 bridgehead atoms. The average Bonchev–Trinajstić information content (AvgIpc) is 2.99. The quantitative estimate of drug-likeness (QED) is 0.767. The van der Waals surface area contributed by atoms with Gasteiger partial charge in [0.05, 0.1) is 17.9 Å². The fourth-order valence-corrected chi connectivity index (χ4v) is 2.70. The lowest BCUT2D eigenvalue weighted by Crippen LogP contribution is -2.34. The van der Waals surface area contributed by atoms with Gasteiger partial charge in [-0.05, 0) is 32.0 Å². The Kier molecular flexibility index (Phi) is 4.74. The number of hydrogen-bond acceptors (Lipinski definition) is 4. The zero-order chi connectivity index (χ0) is 17.8. The third-order valence-corrected chi connectivity index (χ3v) is 3.99. The van der Waals surface area contributed by atoms with Gasteiger partial charge >= 0.3 is 5.69 Å². The van der Waals surface area contributed by atoms with Crippen LogP contribution in [0.3, 0.4) is 0 Å². The predicted octanol–water partition coefficient (Wildman–Crippen LogP) is 1.61. The molecule has 0 aliphatic carbocycles. The summed E-state index contributed by atoms with van der Waals surface area (Å²) in [4.78, 5) is 27.4. The molecule has 0 radical (unpaired) electrons. The van der Waals surface area contributed by atoms with Crippen LogP contribution in [0.15, 0.2) is 59.8 Å². The second-order valence-electron chi connectivity index (χ2n) is 5.75. The minimum absolute atomic E-state index is 0.0666. The normalized spacial score (nSPS) is 11.9. The van der Waals surface area contributed by atoms with Crippen LogP contribution >= 0.6 is 0 Å². The maximum atomic E-state index is 12.2. The summed E-state index contributed by atoms with van der Waals surface area (Å²) >= 11 is 0. The molecule has 0 fully saturated rings. The van der Waals surface area contributed by atoms with E-state index in [-0.39, 0.29) is 18.5 Å². The molecule has 128 valence electrons.